The van der Waals surface area contributed by atoms with Crippen molar-refractivity contribution in [1.82, 2.24) is 9.97 Å². The highest BCUT2D eigenvalue weighted by Gasteiger charge is 2.06. The molecule has 1 heterocycles. The molecule has 0 fully saturated rings. The van der Waals surface area contributed by atoms with Gasteiger partial charge in [-0.3, -0.25) is 0 Å². The fourth-order valence-electron chi connectivity index (χ4n) is 1.74. The van der Waals surface area contributed by atoms with Crippen LogP contribution in [-0.4, -0.2) is 16.5 Å². The standard InChI is InChI=1S/C13H22ClN3/c1-4-11-12(14)16-9-17-13(11)15-8-6-5-7-10(2)3/h9-10H,4-8H2,1-3H3,(H,15,16,17). The third-order valence-electron chi connectivity index (χ3n) is 2.75. The average molecular weight is 256 g/mol. The van der Waals surface area contributed by atoms with Crippen molar-refractivity contribution >= 4 is 17.4 Å². The molecule has 0 aliphatic rings. The molecule has 17 heavy (non-hydrogen) atoms. The molecule has 0 aromatic carbocycles. The van der Waals surface area contributed by atoms with Crippen LogP contribution in [0.25, 0.3) is 0 Å². The fourth-order valence-corrected chi connectivity index (χ4v) is 2.01. The Morgan fingerprint density at radius 3 is 2.71 bits per heavy atom. The molecule has 96 valence electrons. The van der Waals surface area contributed by atoms with Crippen molar-refractivity contribution in [2.24, 2.45) is 5.92 Å². The molecule has 0 saturated heterocycles. The lowest BCUT2D eigenvalue weighted by atomic mass is 10.1. The van der Waals surface area contributed by atoms with Crippen LogP contribution < -0.4 is 5.32 Å². The molecule has 1 aromatic heterocycles. The highest BCUT2D eigenvalue weighted by molar-refractivity contribution is 6.30. The maximum absolute atomic E-state index is 6.02. The molecule has 0 aliphatic carbocycles. The van der Waals surface area contributed by atoms with Gasteiger partial charge in [-0.15, -0.1) is 0 Å². The van der Waals surface area contributed by atoms with Crippen molar-refractivity contribution in [3.63, 3.8) is 0 Å². The van der Waals surface area contributed by atoms with Gasteiger partial charge in [-0.05, 0) is 18.8 Å². The van der Waals surface area contributed by atoms with Crippen LogP contribution in [0.1, 0.15) is 45.6 Å². The SMILES string of the molecule is CCc1c(Cl)ncnc1NCCCCC(C)C. The van der Waals surface area contributed by atoms with E-state index in [0.29, 0.717) is 5.15 Å². The molecule has 1 N–H and O–H groups in total. The van der Waals surface area contributed by atoms with Crippen LogP contribution in [0.4, 0.5) is 5.82 Å². The Bertz CT molecular complexity index is 339. The molecule has 0 bridgehead atoms. The number of halogens is 1. The first-order valence-corrected chi connectivity index (χ1v) is 6.76. The summed E-state index contributed by atoms with van der Waals surface area (Å²) < 4.78 is 0. The first-order valence-electron chi connectivity index (χ1n) is 6.38. The zero-order valence-corrected chi connectivity index (χ0v) is 11.7. The smallest absolute Gasteiger partial charge is 0.137 e. The maximum atomic E-state index is 6.02. The zero-order chi connectivity index (χ0) is 12.7. The zero-order valence-electron chi connectivity index (χ0n) is 11.0. The van der Waals surface area contributed by atoms with E-state index in [0.717, 1.165) is 30.3 Å². The van der Waals surface area contributed by atoms with Crippen molar-refractivity contribution in [3.8, 4) is 0 Å². The van der Waals surface area contributed by atoms with E-state index < -0.39 is 0 Å². The molecule has 0 unspecified atom stereocenters. The van der Waals surface area contributed by atoms with Crippen molar-refractivity contribution in [2.45, 2.75) is 46.5 Å². The van der Waals surface area contributed by atoms with Crippen LogP contribution in [0.15, 0.2) is 6.33 Å². The highest BCUT2D eigenvalue weighted by atomic mass is 35.5. The minimum absolute atomic E-state index is 0.562. The van der Waals surface area contributed by atoms with Crippen molar-refractivity contribution in [2.75, 3.05) is 11.9 Å². The highest BCUT2D eigenvalue weighted by Crippen LogP contribution is 2.20. The van der Waals surface area contributed by atoms with Gasteiger partial charge < -0.3 is 5.32 Å². The van der Waals surface area contributed by atoms with Gasteiger partial charge in [0.15, 0.2) is 0 Å². The van der Waals surface area contributed by atoms with Gasteiger partial charge >= 0.3 is 0 Å². The largest absolute Gasteiger partial charge is 0.370 e. The van der Waals surface area contributed by atoms with Gasteiger partial charge in [0, 0.05) is 12.1 Å². The molecular weight excluding hydrogens is 234 g/mol. The molecule has 1 aromatic rings. The third-order valence-corrected chi connectivity index (χ3v) is 3.07. The molecular formula is C13H22ClN3. The fraction of sp³-hybridized carbons (Fsp3) is 0.692. The van der Waals surface area contributed by atoms with Crippen molar-refractivity contribution in [1.29, 1.82) is 0 Å². The first-order chi connectivity index (χ1) is 8.15. The van der Waals surface area contributed by atoms with E-state index in [1.165, 1.54) is 25.6 Å². The normalized spacial score (nSPS) is 10.9. The van der Waals surface area contributed by atoms with Crippen LogP contribution >= 0.6 is 11.6 Å². The topological polar surface area (TPSA) is 37.8 Å². The lowest BCUT2D eigenvalue weighted by Crippen LogP contribution is -2.07. The van der Waals surface area contributed by atoms with E-state index in [-0.39, 0.29) is 0 Å². The van der Waals surface area contributed by atoms with Crippen LogP contribution in [0.2, 0.25) is 5.15 Å². The second kappa shape index (κ2) is 7.49. The molecule has 1 rings (SSSR count). The second-order valence-corrected chi connectivity index (χ2v) is 5.02. The van der Waals surface area contributed by atoms with Gasteiger partial charge in [0.2, 0.25) is 0 Å². The molecule has 0 spiro atoms. The summed E-state index contributed by atoms with van der Waals surface area (Å²) in [6, 6.07) is 0. The first kappa shape index (κ1) is 14.2. The van der Waals surface area contributed by atoms with E-state index in [9.17, 15) is 0 Å². The Labute approximate surface area is 109 Å². The van der Waals surface area contributed by atoms with Crippen LogP contribution in [0.5, 0.6) is 0 Å². The summed E-state index contributed by atoms with van der Waals surface area (Å²) >= 11 is 6.02. The number of hydrogen-bond donors (Lipinski definition) is 1. The van der Waals surface area contributed by atoms with Gasteiger partial charge in [0.1, 0.15) is 17.3 Å². The van der Waals surface area contributed by atoms with Crippen LogP contribution in [-0.2, 0) is 6.42 Å². The van der Waals surface area contributed by atoms with E-state index in [1.54, 1.807) is 0 Å². The molecule has 0 atom stereocenters. The molecule has 0 amide bonds. The summed E-state index contributed by atoms with van der Waals surface area (Å²) in [5, 5.41) is 3.91. The third kappa shape index (κ3) is 4.90. The minimum atomic E-state index is 0.562. The van der Waals surface area contributed by atoms with Crippen molar-refractivity contribution in [3.05, 3.63) is 17.0 Å². The van der Waals surface area contributed by atoms with E-state index in [4.69, 9.17) is 11.6 Å². The molecule has 4 heteroatoms. The minimum Gasteiger partial charge on any atom is -0.370 e. The summed E-state index contributed by atoms with van der Waals surface area (Å²) in [6.45, 7) is 7.53. The number of anilines is 1. The van der Waals surface area contributed by atoms with E-state index in [1.807, 2.05) is 0 Å². The predicted octanol–water partition coefficient (Wildman–Crippen LogP) is 3.93. The van der Waals surface area contributed by atoms with Gasteiger partial charge in [-0.2, -0.15) is 0 Å². The summed E-state index contributed by atoms with van der Waals surface area (Å²) in [6.07, 6.45) is 6.08. The lowest BCUT2D eigenvalue weighted by Gasteiger charge is -2.10. The Morgan fingerprint density at radius 2 is 2.06 bits per heavy atom. The van der Waals surface area contributed by atoms with E-state index >= 15 is 0 Å². The van der Waals surface area contributed by atoms with Gasteiger partial charge in [-0.1, -0.05) is 45.2 Å². The van der Waals surface area contributed by atoms with Crippen molar-refractivity contribution < 1.29 is 0 Å². The van der Waals surface area contributed by atoms with Gasteiger partial charge in [0.25, 0.3) is 0 Å². The summed E-state index contributed by atoms with van der Waals surface area (Å²) in [7, 11) is 0. The number of hydrogen-bond acceptors (Lipinski definition) is 3. The summed E-state index contributed by atoms with van der Waals surface area (Å²) in [4.78, 5) is 8.23. The summed E-state index contributed by atoms with van der Waals surface area (Å²) in [5.41, 5.74) is 1.01. The Kier molecular flexibility index (Phi) is 6.27. The van der Waals surface area contributed by atoms with Gasteiger partial charge in [-0.25, -0.2) is 9.97 Å². The van der Waals surface area contributed by atoms with Crippen LogP contribution in [0, 0.1) is 5.92 Å². The maximum Gasteiger partial charge on any atom is 0.137 e. The molecule has 3 nitrogen and oxygen atoms in total. The number of nitrogens with one attached hydrogen (secondary N) is 1. The van der Waals surface area contributed by atoms with Crippen LogP contribution in [0.3, 0.4) is 0 Å². The second-order valence-electron chi connectivity index (χ2n) is 4.66. The monoisotopic (exact) mass is 255 g/mol. The molecule has 0 saturated carbocycles. The Hall–Kier alpha value is -0.830. The van der Waals surface area contributed by atoms with E-state index in [2.05, 4.69) is 36.1 Å². The number of aromatic nitrogens is 2. The Morgan fingerprint density at radius 1 is 1.29 bits per heavy atom. The quantitative estimate of drug-likeness (QED) is 0.593. The summed E-state index contributed by atoms with van der Waals surface area (Å²) in [5.74, 6) is 1.67. The lowest BCUT2D eigenvalue weighted by molar-refractivity contribution is 0.544. The van der Waals surface area contributed by atoms with Gasteiger partial charge in [0.05, 0.1) is 0 Å². The molecule has 0 aliphatic heterocycles. The average Bonchev–Trinajstić information content (AvgIpc) is 2.28. The predicted molar refractivity (Wildman–Crippen MR) is 73.6 cm³/mol. The number of rotatable bonds is 7. The molecule has 0 radical (unpaired) electrons. The number of nitrogens with zero attached hydrogens (tertiary/aromatic N) is 2. The Balaban J connectivity index is 2.39. The number of unbranched alkanes of at least 4 members (excludes halogenated alkanes) is 1.